The van der Waals surface area contributed by atoms with Crippen LogP contribution in [-0.4, -0.2) is 17.6 Å². The van der Waals surface area contributed by atoms with Gasteiger partial charge in [0, 0.05) is 16.9 Å². The molecular weight excluding hydrogens is 294 g/mol. The number of nitrogens with one attached hydrogen (secondary N) is 2. The molecule has 0 unspecified atom stereocenters. The van der Waals surface area contributed by atoms with Gasteiger partial charge in [0.1, 0.15) is 0 Å². The number of nitrogens with zero attached hydrogens (tertiary/aromatic N) is 1. The van der Waals surface area contributed by atoms with E-state index in [-0.39, 0.29) is 5.78 Å². The summed E-state index contributed by atoms with van der Waals surface area (Å²) in [4.78, 5) is 34.8. The minimum atomic E-state index is -0.851. The number of Topliss-reactive ketones (excluding diaryl/α,β-unsaturated/α-hetero) is 1. The number of hydrogen-bond donors (Lipinski definition) is 2. The Balaban J connectivity index is 2.01. The normalized spacial score (nSPS) is 9.57. The minimum Gasteiger partial charge on any atom is -0.318 e. The van der Waals surface area contributed by atoms with Gasteiger partial charge >= 0.3 is 11.8 Å². The lowest BCUT2D eigenvalue weighted by Crippen LogP contribution is -2.29. The van der Waals surface area contributed by atoms with E-state index in [0.717, 1.165) is 0 Å². The van der Waals surface area contributed by atoms with Crippen molar-refractivity contribution in [2.45, 2.75) is 6.92 Å². The number of anilines is 2. The van der Waals surface area contributed by atoms with Crippen molar-refractivity contribution < 1.29 is 14.4 Å². The van der Waals surface area contributed by atoms with Crippen molar-refractivity contribution in [1.82, 2.24) is 0 Å². The van der Waals surface area contributed by atoms with E-state index in [1.165, 1.54) is 25.1 Å². The van der Waals surface area contributed by atoms with Crippen LogP contribution in [0.2, 0.25) is 0 Å². The zero-order chi connectivity index (χ0) is 16.8. The summed E-state index contributed by atoms with van der Waals surface area (Å²) in [6.07, 6.45) is 0. The topological polar surface area (TPSA) is 99.1 Å². The van der Waals surface area contributed by atoms with Gasteiger partial charge in [-0.05, 0) is 49.4 Å². The summed E-state index contributed by atoms with van der Waals surface area (Å²) in [5.41, 5.74) is 1.65. The molecule has 0 aliphatic rings. The highest BCUT2D eigenvalue weighted by Crippen LogP contribution is 2.12. The predicted octanol–water partition coefficient (Wildman–Crippen LogP) is 2.34. The van der Waals surface area contributed by atoms with E-state index in [1.807, 2.05) is 6.07 Å². The van der Waals surface area contributed by atoms with E-state index in [1.54, 1.807) is 30.3 Å². The maximum atomic E-state index is 11.8. The number of hydrogen-bond acceptors (Lipinski definition) is 4. The zero-order valence-electron chi connectivity index (χ0n) is 12.3. The van der Waals surface area contributed by atoms with Crippen LogP contribution in [0.3, 0.4) is 0 Å². The van der Waals surface area contributed by atoms with E-state index >= 15 is 0 Å². The molecule has 0 radical (unpaired) electrons. The number of amides is 2. The molecule has 0 bridgehead atoms. The van der Waals surface area contributed by atoms with Crippen LogP contribution in [0.4, 0.5) is 11.4 Å². The number of benzene rings is 2. The monoisotopic (exact) mass is 307 g/mol. The van der Waals surface area contributed by atoms with Gasteiger partial charge in [-0.25, -0.2) is 0 Å². The molecule has 2 amide bonds. The molecule has 2 aromatic carbocycles. The standard InChI is InChI=1S/C17H13N3O3/c1-11(21)13-5-7-14(8-6-13)19-16(22)17(23)20-15-4-2-3-12(9-15)10-18/h2-9H,1H3,(H,19,22)(H,20,23). The zero-order valence-corrected chi connectivity index (χ0v) is 12.3. The van der Waals surface area contributed by atoms with Gasteiger partial charge in [-0.15, -0.1) is 0 Å². The lowest BCUT2D eigenvalue weighted by molar-refractivity contribution is -0.132. The molecule has 0 spiro atoms. The van der Waals surface area contributed by atoms with Crippen molar-refractivity contribution in [2.75, 3.05) is 10.6 Å². The molecule has 6 nitrogen and oxygen atoms in total. The van der Waals surface area contributed by atoms with Crippen molar-refractivity contribution in [3.05, 3.63) is 59.7 Å². The van der Waals surface area contributed by atoms with E-state index in [4.69, 9.17) is 5.26 Å². The third-order valence-corrected chi connectivity index (χ3v) is 3.01. The second-order valence-corrected chi connectivity index (χ2v) is 4.73. The molecule has 6 heteroatoms. The number of ketones is 1. The highest BCUT2D eigenvalue weighted by Gasteiger charge is 2.14. The van der Waals surface area contributed by atoms with Gasteiger partial charge in [0.25, 0.3) is 0 Å². The van der Waals surface area contributed by atoms with E-state index < -0.39 is 11.8 Å². The highest BCUT2D eigenvalue weighted by molar-refractivity contribution is 6.43. The third-order valence-electron chi connectivity index (χ3n) is 3.01. The Morgan fingerprint density at radius 2 is 1.52 bits per heavy atom. The second kappa shape index (κ2) is 7.00. The second-order valence-electron chi connectivity index (χ2n) is 4.73. The fourth-order valence-corrected chi connectivity index (χ4v) is 1.83. The van der Waals surface area contributed by atoms with Gasteiger partial charge < -0.3 is 10.6 Å². The van der Waals surface area contributed by atoms with Crippen molar-refractivity contribution in [3.63, 3.8) is 0 Å². The molecule has 0 fully saturated rings. The minimum absolute atomic E-state index is 0.0852. The summed E-state index contributed by atoms with van der Waals surface area (Å²) in [5, 5.41) is 13.6. The van der Waals surface area contributed by atoms with E-state index in [2.05, 4.69) is 10.6 Å². The summed E-state index contributed by atoms with van der Waals surface area (Å²) in [7, 11) is 0. The van der Waals surface area contributed by atoms with Gasteiger partial charge in [0.05, 0.1) is 11.6 Å². The molecule has 0 aliphatic carbocycles. The van der Waals surface area contributed by atoms with E-state index in [0.29, 0.717) is 22.5 Å². The lowest BCUT2D eigenvalue weighted by Gasteiger charge is -2.07. The molecule has 0 saturated heterocycles. The molecule has 0 heterocycles. The molecular formula is C17H13N3O3. The van der Waals surface area contributed by atoms with Crippen LogP contribution in [0.25, 0.3) is 0 Å². The lowest BCUT2D eigenvalue weighted by atomic mass is 10.1. The maximum absolute atomic E-state index is 11.8. The molecule has 0 atom stereocenters. The Morgan fingerprint density at radius 1 is 0.913 bits per heavy atom. The Morgan fingerprint density at radius 3 is 2.09 bits per heavy atom. The quantitative estimate of drug-likeness (QED) is 0.671. The van der Waals surface area contributed by atoms with Gasteiger partial charge in [-0.3, -0.25) is 14.4 Å². The van der Waals surface area contributed by atoms with Gasteiger partial charge in [-0.1, -0.05) is 6.07 Å². The van der Waals surface area contributed by atoms with E-state index in [9.17, 15) is 14.4 Å². The van der Waals surface area contributed by atoms with Crippen molar-refractivity contribution in [1.29, 1.82) is 5.26 Å². The van der Waals surface area contributed by atoms with Crippen LogP contribution in [0.15, 0.2) is 48.5 Å². The summed E-state index contributed by atoms with van der Waals surface area (Å²) < 4.78 is 0. The largest absolute Gasteiger partial charge is 0.318 e. The maximum Gasteiger partial charge on any atom is 0.314 e. The van der Waals surface area contributed by atoms with Crippen LogP contribution >= 0.6 is 0 Å². The average Bonchev–Trinajstić information content (AvgIpc) is 2.55. The Bertz CT molecular complexity index is 805. The first-order valence-electron chi connectivity index (χ1n) is 6.73. The van der Waals surface area contributed by atoms with Crippen LogP contribution in [0.5, 0.6) is 0 Å². The molecule has 0 saturated carbocycles. The highest BCUT2D eigenvalue weighted by atomic mass is 16.2. The third kappa shape index (κ3) is 4.25. The summed E-state index contributed by atoms with van der Waals surface area (Å²) in [5.74, 6) is -1.78. The van der Waals surface area contributed by atoms with Crippen molar-refractivity contribution in [3.8, 4) is 6.07 Å². The van der Waals surface area contributed by atoms with Gasteiger partial charge in [0.2, 0.25) is 0 Å². The molecule has 0 aromatic heterocycles. The first kappa shape index (κ1) is 15.9. The summed E-state index contributed by atoms with van der Waals surface area (Å²) in [6.45, 7) is 1.44. The smallest absolute Gasteiger partial charge is 0.314 e. The Hall–Kier alpha value is -3.46. The Kier molecular flexibility index (Phi) is 4.85. The number of carbonyl (C=O) groups is 3. The molecule has 23 heavy (non-hydrogen) atoms. The van der Waals surface area contributed by atoms with Gasteiger partial charge in [0.15, 0.2) is 5.78 Å². The SMILES string of the molecule is CC(=O)c1ccc(NC(=O)C(=O)Nc2cccc(C#N)c2)cc1. The Labute approximate surface area is 132 Å². The summed E-state index contributed by atoms with van der Waals surface area (Å²) in [6, 6.07) is 14.4. The van der Waals surface area contributed by atoms with Crippen LogP contribution < -0.4 is 10.6 Å². The van der Waals surface area contributed by atoms with Crippen LogP contribution in [0, 0.1) is 11.3 Å². The number of carbonyl (C=O) groups excluding carboxylic acids is 3. The van der Waals surface area contributed by atoms with Crippen LogP contribution in [0.1, 0.15) is 22.8 Å². The first-order chi connectivity index (χ1) is 11.0. The predicted molar refractivity (Wildman–Crippen MR) is 84.9 cm³/mol. The van der Waals surface area contributed by atoms with Crippen molar-refractivity contribution >= 4 is 29.0 Å². The molecule has 0 aliphatic heterocycles. The molecule has 114 valence electrons. The number of nitriles is 1. The fraction of sp³-hybridized carbons (Fsp3) is 0.0588. The van der Waals surface area contributed by atoms with Crippen LogP contribution in [-0.2, 0) is 9.59 Å². The average molecular weight is 307 g/mol. The number of rotatable bonds is 3. The molecule has 2 N–H and O–H groups in total. The first-order valence-corrected chi connectivity index (χ1v) is 6.73. The summed E-state index contributed by atoms with van der Waals surface area (Å²) >= 11 is 0. The molecule has 2 aromatic rings. The van der Waals surface area contributed by atoms with Gasteiger partial charge in [-0.2, -0.15) is 5.26 Å². The molecule has 2 rings (SSSR count). The van der Waals surface area contributed by atoms with Crippen molar-refractivity contribution in [2.24, 2.45) is 0 Å². The fourth-order valence-electron chi connectivity index (χ4n) is 1.83.